The number of ether oxygens (including phenoxy) is 1. The van der Waals surface area contributed by atoms with Gasteiger partial charge in [-0.3, -0.25) is 4.79 Å². The van der Waals surface area contributed by atoms with E-state index in [1.165, 1.54) is 0 Å². The van der Waals surface area contributed by atoms with Gasteiger partial charge in [0.05, 0.1) is 17.2 Å². The number of nitrogens with zero attached hydrogens (tertiary/aromatic N) is 1. The minimum atomic E-state index is -5.82. The molecule has 2 aromatic rings. The van der Waals surface area contributed by atoms with Crippen LogP contribution >= 0.6 is 0 Å². The number of carboxylic acid groups (broad SMARTS) is 1. The Morgan fingerprint density at radius 3 is 2.20 bits per heavy atom. The first kappa shape index (κ1) is 29.9. The quantitative estimate of drug-likeness (QED) is 0.341. The lowest BCUT2D eigenvalue weighted by Crippen LogP contribution is -2.40. The molecular formula is C25H23F8NO5S. The van der Waals surface area contributed by atoms with Crippen LogP contribution in [0.2, 0.25) is 0 Å². The minimum Gasteiger partial charge on any atom is -0.492 e. The number of carbonyl (C=O) groups is 1. The lowest BCUT2D eigenvalue weighted by Gasteiger charge is -2.30. The summed E-state index contributed by atoms with van der Waals surface area (Å²) in [6.45, 7) is -1.33. The Morgan fingerprint density at radius 2 is 1.70 bits per heavy atom. The Labute approximate surface area is 223 Å². The van der Waals surface area contributed by atoms with Crippen LogP contribution < -0.4 is 9.64 Å². The minimum absolute atomic E-state index is 0.0765. The predicted molar refractivity (Wildman–Crippen MR) is 125 cm³/mol. The van der Waals surface area contributed by atoms with E-state index in [-0.39, 0.29) is 30.7 Å². The third-order valence-electron chi connectivity index (χ3n) is 7.06. The zero-order chi connectivity index (χ0) is 29.9. The first-order valence-electron chi connectivity index (χ1n) is 11.9. The van der Waals surface area contributed by atoms with E-state index in [2.05, 4.69) is 0 Å². The predicted octanol–water partition coefficient (Wildman–Crippen LogP) is 6.66. The van der Waals surface area contributed by atoms with E-state index < -0.39 is 98.2 Å². The molecule has 2 aromatic carbocycles. The molecule has 0 unspecified atom stereocenters. The van der Waals surface area contributed by atoms with Gasteiger partial charge in [0.15, 0.2) is 0 Å². The number of alkyl halides is 7. The highest BCUT2D eigenvalue weighted by molar-refractivity contribution is 7.92. The summed E-state index contributed by atoms with van der Waals surface area (Å²) in [5.74, 6) is -9.08. The van der Waals surface area contributed by atoms with E-state index >= 15 is 8.78 Å². The van der Waals surface area contributed by atoms with E-state index in [0.29, 0.717) is 6.92 Å². The molecule has 1 N–H and O–H groups in total. The Bertz CT molecular complexity index is 1400. The number of benzene rings is 2. The molecular weight excluding hydrogens is 578 g/mol. The Kier molecular flexibility index (Phi) is 7.30. The van der Waals surface area contributed by atoms with Crippen LogP contribution in [0, 0.1) is 17.2 Å². The molecule has 1 fully saturated rings. The lowest BCUT2D eigenvalue weighted by atomic mass is 9.99. The molecule has 6 nitrogen and oxygen atoms in total. The summed E-state index contributed by atoms with van der Waals surface area (Å²) in [7, 11) is -5.82. The van der Waals surface area contributed by atoms with Crippen molar-refractivity contribution in [3.05, 3.63) is 47.8 Å². The van der Waals surface area contributed by atoms with Crippen molar-refractivity contribution in [2.24, 2.45) is 11.3 Å². The summed E-state index contributed by atoms with van der Waals surface area (Å²) in [5.41, 5.74) is -4.10. The second-order valence-electron chi connectivity index (χ2n) is 10.1. The monoisotopic (exact) mass is 601 g/mol. The third kappa shape index (κ3) is 5.56. The fourth-order valence-electron chi connectivity index (χ4n) is 4.45. The number of hydrogen-bond donors (Lipinski definition) is 1. The molecule has 0 aromatic heterocycles. The van der Waals surface area contributed by atoms with Gasteiger partial charge in [-0.15, -0.1) is 0 Å². The molecule has 220 valence electrons. The zero-order valence-corrected chi connectivity index (χ0v) is 21.6. The van der Waals surface area contributed by atoms with Crippen molar-refractivity contribution < 1.29 is 58.2 Å². The van der Waals surface area contributed by atoms with E-state index in [9.17, 15) is 44.7 Å². The smallest absolute Gasteiger partial charge is 0.420 e. The molecule has 1 heterocycles. The fraction of sp³-hybridized carbons (Fsp3) is 0.480. The average Bonchev–Trinajstić information content (AvgIpc) is 3.63. The van der Waals surface area contributed by atoms with Crippen molar-refractivity contribution in [3.63, 3.8) is 0 Å². The summed E-state index contributed by atoms with van der Waals surface area (Å²) in [6, 6.07) is 4.30. The molecule has 0 saturated heterocycles. The Morgan fingerprint density at radius 1 is 1.10 bits per heavy atom. The molecule has 1 aliphatic heterocycles. The SMILES string of the molecule is CC(F)(F)CC[C@@H]1CN(c2ccc(F)cc2)c2cc(C(F)(F)F)c(OCC3(C(=O)O)CC3)cc2S(=O)(=O)C1(F)F. The molecule has 1 saturated carbocycles. The number of sulfone groups is 1. The summed E-state index contributed by atoms with van der Waals surface area (Å²) >= 11 is 0. The first-order chi connectivity index (χ1) is 18.3. The van der Waals surface area contributed by atoms with Crippen molar-refractivity contribution >= 4 is 27.2 Å². The van der Waals surface area contributed by atoms with Crippen LogP contribution in [0.3, 0.4) is 0 Å². The molecule has 1 atom stereocenters. The van der Waals surface area contributed by atoms with E-state index in [0.717, 1.165) is 29.2 Å². The maximum Gasteiger partial charge on any atom is 0.420 e. The highest BCUT2D eigenvalue weighted by Crippen LogP contribution is 2.52. The first-order valence-corrected chi connectivity index (χ1v) is 13.4. The van der Waals surface area contributed by atoms with Crippen LogP contribution in [0.1, 0.15) is 38.2 Å². The van der Waals surface area contributed by atoms with Crippen molar-refractivity contribution in [2.75, 3.05) is 18.1 Å². The van der Waals surface area contributed by atoms with Gasteiger partial charge in [0.1, 0.15) is 28.5 Å². The van der Waals surface area contributed by atoms with Crippen LogP contribution in [-0.4, -0.2) is 43.8 Å². The summed E-state index contributed by atoms with van der Waals surface area (Å²) in [5, 5.41) is 4.61. The van der Waals surface area contributed by atoms with Crippen LogP contribution in [-0.2, 0) is 20.8 Å². The number of halogens is 8. The molecule has 0 spiro atoms. The van der Waals surface area contributed by atoms with Crippen LogP contribution in [0.5, 0.6) is 5.75 Å². The second-order valence-corrected chi connectivity index (χ2v) is 12.1. The van der Waals surface area contributed by atoms with Gasteiger partial charge in [-0.2, -0.15) is 22.0 Å². The number of anilines is 2. The maximum absolute atomic E-state index is 15.6. The number of fused-ring (bicyclic) bond motifs is 1. The molecule has 4 rings (SSSR count). The average molecular weight is 602 g/mol. The normalized spacial score (nSPS) is 21.3. The van der Waals surface area contributed by atoms with Gasteiger partial charge < -0.3 is 14.7 Å². The summed E-state index contributed by atoms with van der Waals surface area (Å²) in [4.78, 5) is 11.0. The molecule has 40 heavy (non-hydrogen) atoms. The zero-order valence-electron chi connectivity index (χ0n) is 20.7. The number of carboxylic acids is 1. The number of hydrogen-bond acceptors (Lipinski definition) is 5. The van der Waals surface area contributed by atoms with Gasteiger partial charge in [-0.1, -0.05) is 0 Å². The standard InChI is InChI=1S/C25H23F8NO5S/c1-22(27,28)7-6-14-12-34(16-4-2-15(26)3-5-16)18-10-17(24(29,30)31)19(39-13-23(8-9-23)21(35)36)11-20(18)40(37,38)25(14,32)33/h2-5,10-11,14H,6-9,12-13H2,1H3,(H,35,36)/t14-/m1/s1. The highest BCUT2D eigenvalue weighted by Gasteiger charge is 2.57. The van der Waals surface area contributed by atoms with E-state index in [4.69, 9.17) is 4.74 Å². The maximum atomic E-state index is 15.6. The summed E-state index contributed by atoms with van der Waals surface area (Å²) < 4.78 is 146. The molecule has 1 aliphatic carbocycles. The summed E-state index contributed by atoms with van der Waals surface area (Å²) in [6.07, 6.45) is -7.21. The van der Waals surface area contributed by atoms with Gasteiger partial charge in [0, 0.05) is 24.7 Å². The van der Waals surface area contributed by atoms with Crippen molar-refractivity contribution in [1.29, 1.82) is 0 Å². The van der Waals surface area contributed by atoms with Crippen molar-refractivity contribution in [1.82, 2.24) is 0 Å². The van der Waals surface area contributed by atoms with Gasteiger partial charge >= 0.3 is 17.4 Å². The van der Waals surface area contributed by atoms with Crippen molar-refractivity contribution in [2.45, 2.75) is 54.9 Å². The number of rotatable bonds is 8. The largest absolute Gasteiger partial charge is 0.492 e. The molecule has 0 amide bonds. The van der Waals surface area contributed by atoms with Gasteiger partial charge in [-0.05, 0) is 56.5 Å². The fourth-order valence-corrected chi connectivity index (χ4v) is 6.08. The van der Waals surface area contributed by atoms with E-state index in [1.54, 1.807) is 0 Å². The lowest BCUT2D eigenvalue weighted by molar-refractivity contribution is -0.144. The van der Waals surface area contributed by atoms with Crippen LogP contribution in [0.4, 0.5) is 46.5 Å². The van der Waals surface area contributed by atoms with Crippen LogP contribution in [0.15, 0.2) is 41.3 Å². The van der Waals surface area contributed by atoms with Gasteiger partial charge in [0.25, 0.3) is 0 Å². The van der Waals surface area contributed by atoms with E-state index in [1.807, 2.05) is 0 Å². The van der Waals surface area contributed by atoms with Gasteiger partial charge in [-0.25, -0.2) is 21.6 Å². The Hall–Kier alpha value is -3.10. The number of aliphatic carboxylic acids is 1. The Balaban J connectivity index is 1.93. The van der Waals surface area contributed by atoms with Crippen LogP contribution in [0.25, 0.3) is 0 Å². The van der Waals surface area contributed by atoms with Gasteiger partial charge in [0.2, 0.25) is 15.8 Å². The topological polar surface area (TPSA) is 83.9 Å². The molecule has 0 bridgehead atoms. The van der Waals surface area contributed by atoms with Crippen molar-refractivity contribution in [3.8, 4) is 5.75 Å². The molecule has 0 radical (unpaired) electrons. The second kappa shape index (κ2) is 9.77. The molecule has 2 aliphatic rings. The highest BCUT2D eigenvalue weighted by atomic mass is 32.2. The third-order valence-corrected chi connectivity index (χ3v) is 9.02. The molecule has 15 heteroatoms.